The van der Waals surface area contributed by atoms with Crippen molar-refractivity contribution in [3.8, 4) is 6.07 Å². The molecule has 0 radical (unpaired) electrons. The van der Waals surface area contributed by atoms with Crippen molar-refractivity contribution >= 4 is 9.84 Å². The molecule has 1 aromatic rings. The highest BCUT2D eigenvalue weighted by molar-refractivity contribution is 7.91. The Morgan fingerprint density at radius 2 is 2.05 bits per heavy atom. The lowest BCUT2D eigenvalue weighted by Gasteiger charge is -2.26. The molecule has 1 fully saturated rings. The third-order valence-electron chi connectivity index (χ3n) is 3.60. The Morgan fingerprint density at radius 1 is 1.37 bits per heavy atom. The van der Waals surface area contributed by atoms with Gasteiger partial charge in [0, 0.05) is 12.6 Å². The van der Waals surface area contributed by atoms with E-state index in [-0.39, 0.29) is 11.8 Å². The SMILES string of the molecule is CCN(Cc1ccc(C#N)cc1)[C@H]1CCS(=O)(=O)C1. The second kappa shape index (κ2) is 5.72. The molecule has 0 N–H and O–H groups in total. The van der Waals surface area contributed by atoms with Gasteiger partial charge in [0.25, 0.3) is 0 Å². The second-order valence-electron chi connectivity index (χ2n) is 4.93. The maximum Gasteiger partial charge on any atom is 0.151 e. The highest BCUT2D eigenvalue weighted by Crippen LogP contribution is 2.19. The quantitative estimate of drug-likeness (QED) is 0.838. The van der Waals surface area contributed by atoms with Gasteiger partial charge in [-0.15, -0.1) is 0 Å². The maximum absolute atomic E-state index is 11.5. The monoisotopic (exact) mass is 278 g/mol. The van der Waals surface area contributed by atoms with Crippen molar-refractivity contribution in [3.63, 3.8) is 0 Å². The van der Waals surface area contributed by atoms with Crippen LogP contribution in [0.4, 0.5) is 0 Å². The van der Waals surface area contributed by atoms with Crippen LogP contribution < -0.4 is 0 Å². The fraction of sp³-hybridized carbons (Fsp3) is 0.500. The van der Waals surface area contributed by atoms with Crippen LogP contribution in [0.1, 0.15) is 24.5 Å². The Morgan fingerprint density at radius 3 is 2.53 bits per heavy atom. The number of nitrogens with zero attached hydrogens (tertiary/aromatic N) is 2. The third kappa shape index (κ3) is 3.55. The molecule has 2 rings (SSSR count). The summed E-state index contributed by atoms with van der Waals surface area (Å²) in [5.41, 5.74) is 1.76. The first-order valence-corrected chi connectivity index (χ1v) is 8.29. The van der Waals surface area contributed by atoms with Crippen LogP contribution in [0, 0.1) is 11.3 Å². The van der Waals surface area contributed by atoms with Crippen LogP contribution in [-0.4, -0.2) is 37.4 Å². The van der Waals surface area contributed by atoms with Crippen LogP contribution in [0.3, 0.4) is 0 Å². The summed E-state index contributed by atoms with van der Waals surface area (Å²) in [6, 6.07) is 9.70. The molecule has 0 saturated carbocycles. The smallest absolute Gasteiger partial charge is 0.151 e. The molecule has 19 heavy (non-hydrogen) atoms. The van der Waals surface area contributed by atoms with E-state index in [1.54, 1.807) is 12.1 Å². The predicted octanol–water partition coefficient (Wildman–Crippen LogP) is 1.57. The number of nitriles is 1. The summed E-state index contributed by atoms with van der Waals surface area (Å²) in [7, 11) is -2.84. The molecule has 4 nitrogen and oxygen atoms in total. The first-order valence-electron chi connectivity index (χ1n) is 6.47. The summed E-state index contributed by atoms with van der Waals surface area (Å²) in [5, 5.41) is 8.76. The molecule has 0 spiro atoms. The van der Waals surface area contributed by atoms with E-state index in [0.717, 1.165) is 25.1 Å². The lowest BCUT2D eigenvalue weighted by molar-refractivity contribution is 0.215. The molecule has 1 heterocycles. The van der Waals surface area contributed by atoms with Gasteiger partial charge in [0.15, 0.2) is 9.84 Å². The average Bonchev–Trinajstić information content (AvgIpc) is 2.77. The van der Waals surface area contributed by atoms with Gasteiger partial charge in [0.2, 0.25) is 0 Å². The lowest BCUT2D eigenvalue weighted by atomic mass is 10.1. The molecule has 1 atom stereocenters. The molecular weight excluding hydrogens is 260 g/mol. The summed E-state index contributed by atoms with van der Waals surface area (Å²) in [4.78, 5) is 2.20. The van der Waals surface area contributed by atoms with Gasteiger partial charge in [-0.3, -0.25) is 4.90 Å². The first-order chi connectivity index (χ1) is 9.04. The van der Waals surface area contributed by atoms with Crippen LogP contribution in [0.5, 0.6) is 0 Å². The van der Waals surface area contributed by atoms with Crippen LogP contribution in [-0.2, 0) is 16.4 Å². The van der Waals surface area contributed by atoms with E-state index in [1.165, 1.54) is 0 Å². The van der Waals surface area contributed by atoms with E-state index >= 15 is 0 Å². The standard InChI is InChI=1S/C14H18N2O2S/c1-2-16(14-7-8-19(17,18)11-14)10-13-5-3-12(9-15)4-6-13/h3-6,14H,2,7-8,10-11H2,1H3/t14-/m0/s1. The normalized spacial score (nSPS) is 21.4. The molecule has 0 bridgehead atoms. The van der Waals surface area contributed by atoms with E-state index in [0.29, 0.717) is 11.3 Å². The lowest BCUT2D eigenvalue weighted by Crippen LogP contribution is -2.35. The van der Waals surface area contributed by atoms with Crippen LogP contribution in [0.2, 0.25) is 0 Å². The number of hydrogen-bond acceptors (Lipinski definition) is 4. The maximum atomic E-state index is 11.5. The van der Waals surface area contributed by atoms with Gasteiger partial charge >= 0.3 is 0 Å². The number of sulfone groups is 1. The van der Waals surface area contributed by atoms with Gasteiger partial charge in [0.05, 0.1) is 23.1 Å². The molecule has 1 aliphatic heterocycles. The van der Waals surface area contributed by atoms with E-state index in [4.69, 9.17) is 5.26 Å². The van der Waals surface area contributed by atoms with Crippen molar-refractivity contribution in [2.45, 2.75) is 25.9 Å². The molecule has 0 amide bonds. The number of hydrogen-bond donors (Lipinski definition) is 0. The van der Waals surface area contributed by atoms with Crippen LogP contribution in [0.25, 0.3) is 0 Å². The van der Waals surface area contributed by atoms with Gasteiger partial charge < -0.3 is 0 Å². The van der Waals surface area contributed by atoms with E-state index in [1.807, 2.05) is 12.1 Å². The summed E-state index contributed by atoms with van der Waals surface area (Å²) >= 11 is 0. The number of benzene rings is 1. The van der Waals surface area contributed by atoms with Crippen LogP contribution in [0.15, 0.2) is 24.3 Å². The Labute approximate surface area is 114 Å². The van der Waals surface area contributed by atoms with Crippen LogP contribution >= 0.6 is 0 Å². The summed E-state index contributed by atoms with van der Waals surface area (Å²) < 4.78 is 23.1. The predicted molar refractivity (Wildman–Crippen MR) is 74.3 cm³/mol. The van der Waals surface area contributed by atoms with Crippen molar-refractivity contribution in [2.75, 3.05) is 18.1 Å². The Balaban J connectivity index is 2.05. The second-order valence-corrected chi connectivity index (χ2v) is 7.16. The fourth-order valence-corrected chi connectivity index (χ4v) is 4.24. The highest BCUT2D eigenvalue weighted by Gasteiger charge is 2.31. The minimum absolute atomic E-state index is 0.130. The Kier molecular flexibility index (Phi) is 4.23. The first kappa shape index (κ1) is 14.0. The van der Waals surface area contributed by atoms with E-state index < -0.39 is 9.84 Å². The third-order valence-corrected chi connectivity index (χ3v) is 5.35. The molecular formula is C14H18N2O2S. The molecule has 0 aliphatic carbocycles. The highest BCUT2D eigenvalue weighted by atomic mass is 32.2. The van der Waals surface area contributed by atoms with Gasteiger partial charge in [-0.2, -0.15) is 5.26 Å². The van der Waals surface area contributed by atoms with Gasteiger partial charge in [0.1, 0.15) is 0 Å². The van der Waals surface area contributed by atoms with Crippen molar-refractivity contribution in [3.05, 3.63) is 35.4 Å². The number of rotatable bonds is 4. The average molecular weight is 278 g/mol. The molecule has 0 unspecified atom stereocenters. The minimum atomic E-state index is -2.84. The van der Waals surface area contributed by atoms with Crippen molar-refractivity contribution in [2.24, 2.45) is 0 Å². The molecule has 102 valence electrons. The summed E-state index contributed by atoms with van der Waals surface area (Å²) in [6.45, 7) is 3.62. The van der Waals surface area contributed by atoms with Gasteiger partial charge in [-0.1, -0.05) is 19.1 Å². The summed E-state index contributed by atoms with van der Waals surface area (Å²) in [5.74, 6) is 0.582. The molecule has 1 aromatic carbocycles. The Bertz CT molecular complexity index is 572. The van der Waals surface area contributed by atoms with Crippen molar-refractivity contribution < 1.29 is 8.42 Å². The zero-order valence-corrected chi connectivity index (χ0v) is 11.9. The van der Waals surface area contributed by atoms with Gasteiger partial charge in [-0.25, -0.2) is 8.42 Å². The van der Waals surface area contributed by atoms with E-state index in [2.05, 4.69) is 17.9 Å². The zero-order chi connectivity index (χ0) is 13.9. The summed E-state index contributed by atoms with van der Waals surface area (Å²) in [6.07, 6.45) is 0.729. The van der Waals surface area contributed by atoms with Crippen molar-refractivity contribution in [1.29, 1.82) is 5.26 Å². The molecule has 5 heteroatoms. The fourth-order valence-electron chi connectivity index (χ4n) is 2.48. The molecule has 1 saturated heterocycles. The van der Waals surface area contributed by atoms with Gasteiger partial charge in [-0.05, 0) is 30.7 Å². The minimum Gasteiger partial charge on any atom is -0.295 e. The zero-order valence-electron chi connectivity index (χ0n) is 11.0. The molecule has 0 aromatic heterocycles. The Hall–Kier alpha value is -1.38. The largest absolute Gasteiger partial charge is 0.295 e. The van der Waals surface area contributed by atoms with Crippen molar-refractivity contribution in [1.82, 2.24) is 4.90 Å². The molecule has 1 aliphatic rings. The topological polar surface area (TPSA) is 61.2 Å². The van der Waals surface area contributed by atoms with E-state index in [9.17, 15) is 8.42 Å².